The number of sulfone groups is 1. The van der Waals surface area contributed by atoms with E-state index in [0.717, 1.165) is 9.26 Å². The maximum atomic E-state index is 12.1. The zero-order valence-corrected chi connectivity index (χ0v) is 16.1. The van der Waals surface area contributed by atoms with E-state index in [1.165, 1.54) is 0 Å². The lowest BCUT2D eigenvalue weighted by atomic mass is 10.3. The number of nitrogens with one attached hydrogen (secondary N) is 1. The molecule has 0 spiro atoms. The molecule has 1 aromatic carbocycles. The van der Waals surface area contributed by atoms with Crippen LogP contribution in [0, 0.1) is 3.57 Å². The van der Waals surface area contributed by atoms with E-state index in [2.05, 4.69) is 27.9 Å². The van der Waals surface area contributed by atoms with Gasteiger partial charge in [-0.15, -0.1) is 0 Å². The van der Waals surface area contributed by atoms with E-state index in [-0.39, 0.29) is 30.0 Å². The Morgan fingerprint density at radius 1 is 1.27 bits per heavy atom. The lowest BCUT2D eigenvalue weighted by Gasteiger charge is -2.26. The zero-order valence-electron chi connectivity index (χ0n) is 13.2. The maximum Gasteiger partial charge on any atom is 0.238 e. The lowest BCUT2D eigenvalue weighted by molar-refractivity contribution is -0.117. The van der Waals surface area contributed by atoms with Gasteiger partial charge in [0.25, 0.3) is 0 Å². The van der Waals surface area contributed by atoms with E-state index in [1.54, 1.807) is 6.92 Å². The average Bonchev–Trinajstić information content (AvgIpc) is 2.46. The van der Waals surface area contributed by atoms with Crippen molar-refractivity contribution in [3.63, 3.8) is 0 Å². The molecule has 1 N–H and O–H groups in total. The average molecular weight is 438 g/mol. The Hall–Kier alpha value is -0.670. The highest BCUT2D eigenvalue weighted by molar-refractivity contribution is 14.1. The number of carbonyl (C=O) groups is 1. The van der Waals surface area contributed by atoms with Gasteiger partial charge < -0.3 is 5.32 Å². The first kappa shape index (κ1) is 19.4. The molecule has 1 amide bonds. The SMILES string of the molecule is CCN(CC(=O)Nc1ccc(I)cc1)C(C)CS(=O)(=O)CC. The molecule has 0 aromatic heterocycles. The molecule has 0 radical (unpaired) electrons. The summed E-state index contributed by atoms with van der Waals surface area (Å²) in [6.07, 6.45) is 0. The van der Waals surface area contributed by atoms with Crippen molar-refractivity contribution in [3.05, 3.63) is 27.8 Å². The van der Waals surface area contributed by atoms with Crippen LogP contribution in [0.3, 0.4) is 0 Å². The Morgan fingerprint density at radius 3 is 2.36 bits per heavy atom. The lowest BCUT2D eigenvalue weighted by Crippen LogP contribution is -2.42. The molecule has 1 rings (SSSR count). The van der Waals surface area contributed by atoms with Gasteiger partial charge in [-0.2, -0.15) is 0 Å². The number of likely N-dealkylation sites (N-methyl/N-ethyl adjacent to an activating group) is 1. The van der Waals surface area contributed by atoms with Crippen LogP contribution < -0.4 is 5.32 Å². The van der Waals surface area contributed by atoms with Gasteiger partial charge >= 0.3 is 0 Å². The summed E-state index contributed by atoms with van der Waals surface area (Å²) in [4.78, 5) is 14.0. The Bertz CT molecular complexity index is 587. The number of benzene rings is 1. The summed E-state index contributed by atoms with van der Waals surface area (Å²) in [5.41, 5.74) is 0.746. The molecule has 0 heterocycles. The van der Waals surface area contributed by atoms with Gasteiger partial charge in [0.05, 0.1) is 12.3 Å². The van der Waals surface area contributed by atoms with Crippen LogP contribution in [0.5, 0.6) is 0 Å². The molecule has 1 atom stereocenters. The largest absolute Gasteiger partial charge is 0.325 e. The minimum atomic E-state index is -3.05. The molecule has 22 heavy (non-hydrogen) atoms. The topological polar surface area (TPSA) is 66.5 Å². The van der Waals surface area contributed by atoms with Crippen LogP contribution in [0.15, 0.2) is 24.3 Å². The van der Waals surface area contributed by atoms with E-state index in [4.69, 9.17) is 0 Å². The summed E-state index contributed by atoms with van der Waals surface area (Å²) < 4.78 is 24.5. The molecule has 7 heteroatoms. The van der Waals surface area contributed by atoms with E-state index in [1.807, 2.05) is 43.0 Å². The van der Waals surface area contributed by atoms with Crippen LogP contribution in [-0.2, 0) is 14.6 Å². The number of carbonyl (C=O) groups excluding carboxylic acids is 1. The highest BCUT2D eigenvalue weighted by atomic mass is 127. The number of amides is 1. The predicted molar refractivity (Wildman–Crippen MR) is 98.8 cm³/mol. The zero-order chi connectivity index (χ0) is 16.8. The second kappa shape index (κ2) is 8.83. The van der Waals surface area contributed by atoms with Crippen molar-refractivity contribution in [1.82, 2.24) is 4.90 Å². The van der Waals surface area contributed by atoms with Crippen LogP contribution >= 0.6 is 22.6 Å². The third kappa shape index (κ3) is 6.62. The van der Waals surface area contributed by atoms with E-state index in [9.17, 15) is 13.2 Å². The van der Waals surface area contributed by atoms with E-state index >= 15 is 0 Å². The van der Waals surface area contributed by atoms with Crippen molar-refractivity contribution < 1.29 is 13.2 Å². The third-order valence-electron chi connectivity index (χ3n) is 3.44. The number of hydrogen-bond acceptors (Lipinski definition) is 4. The van der Waals surface area contributed by atoms with Gasteiger partial charge in [-0.05, 0) is 60.3 Å². The molecule has 0 saturated heterocycles. The maximum absolute atomic E-state index is 12.1. The standard InChI is InChI=1S/C15H23IN2O3S/c1-4-18(12(3)11-22(20,21)5-2)10-15(19)17-14-8-6-13(16)7-9-14/h6-9,12H,4-5,10-11H2,1-3H3,(H,17,19). The van der Waals surface area contributed by atoms with Gasteiger partial charge in [0.2, 0.25) is 5.91 Å². The molecule has 0 saturated carbocycles. The number of hydrogen-bond donors (Lipinski definition) is 1. The molecular weight excluding hydrogens is 415 g/mol. The van der Waals surface area contributed by atoms with Gasteiger partial charge in [0, 0.05) is 21.1 Å². The molecule has 124 valence electrons. The minimum absolute atomic E-state index is 0.0775. The van der Waals surface area contributed by atoms with Crippen molar-refractivity contribution in [2.24, 2.45) is 0 Å². The van der Waals surface area contributed by atoms with Gasteiger partial charge in [0.1, 0.15) is 0 Å². The first-order valence-corrected chi connectivity index (χ1v) is 10.2. The van der Waals surface area contributed by atoms with Crippen molar-refractivity contribution in [1.29, 1.82) is 0 Å². The molecular formula is C15H23IN2O3S. The Labute approximate surface area is 146 Å². The normalized spacial score (nSPS) is 13.1. The van der Waals surface area contributed by atoms with Crippen molar-refractivity contribution in [3.8, 4) is 0 Å². The second-order valence-corrected chi connectivity index (χ2v) is 8.81. The van der Waals surface area contributed by atoms with E-state index in [0.29, 0.717) is 6.54 Å². The summed E-state index contributed by atoms with van der Waals surface area (Å²) in [5, 5.41) is 2.83. The van der Waals surface area contributed by atoms with Gasteiger partial charge in [0.15, 0.2) is 9.84 Å². The quantitative estimate of drug-likeness (QED) is 0.633. The molecule has 0 aliphatic carbocycles. The fourth-order valence-corrected chi connectivity index (χ4v) is 3.63. The summed E-state index contributed by atoms with van der Waals surface area (Å²) in [7, 11) is -3.05. The predicted octanol–water partition coefficient (Wildman–Crippen LogP) is 2.37. The molecule has 1 unspecified atom stereocenters. The number of halogens is 1. The number of anilines is 1. The van der Waals surface area contributed by atoms with Gasteiger partial charge in [-0.1, -0.05) is 13.8 Å². The molecule has 0 bridgehead atoms. The summed E-state index contributed by atoms with van der Waals surface area (Å²) in [6.45, 7) is 6.22. The summed E-state index contributed by atoms with van der Waals surface area (Å²) in [6, 6.07) is 7.36. The van der Waals surface area contributed by atoms with Crippen molar-refractivity contribution >= 4 is 44.0 Å². The van der Waals surface area contributed by atoms with Crippen LogP contribution in [0.4, 0.5) is 5.69 Å². The smallest absolute Gasteiger partial charge is 0.238 e. The Kier molecular flexibility index (Phi) is 7.78. The van der Waals surface area contributed by atoms with Crippen LogP contribution in [0.2, 0.25) is 0 Å². The van der Waals surface area contributed by atoms with Crippen LogP contribution in [0.1, 0.15) is 20.8 Å². The van der Waals surface area contributed by atoms with Crippen LogP contribution in [-0.4, -0.2) is 49.9 Å². The number of nitrogens with zero attached hydrogens (tertiary/aromatic N) is 1. The Morgan fingerprint density at radius 2 is 1.86 bits per heavy atom. The highest BCUT2D eigenvalue weighted by Crippen LogP contribution is 2.11. The van der Waals surface area contributed by atoms with Gasteiger partial charge in [-0.25, -0.2) is 8.42 Å². The minimum Gasteiger partial charge on any atom is -0.325 e. The van der Waals surface area contributed by atoms with Gasteiger partial charge in [-0.3, -0.25) is 9.69 Å². The van der Waals surface area contributed by atoms with E-state index < -0.39 is 9.84 Å². The number of rotatable bonds is 8. The van der Waals surface area contributed by atoms with Crippen molar-refractivity contribution in [2.45, 2.75) is 26.8 Å². The fourth-order valence-electron chi connectivity index (χ4n) is 2.09. The fraction of sp³-hybridized carbons (Fsp3) is 0.533. The third-order valence-corrected chi connectivity index (χ3v) is 6.03. The van der Waals surface area contributed by atoms with Crippen molar-refractivity contribution in [2.75, 3.05) is 29.9 Å². The Balaban J connectivity index is 2.61. The molecule has 0 fully saturated rings. The molecule has 1 aromatic rings. The first-order chi connectivity index (χ1) is 10.3. The van der Waals surface area contributed by atoms with Crippen LogP contribution in [0.25, 0.3) is 0 Å². The summed E-state index contributed by atoms with van der Waals surface area (Å²) >= 11 is 2.20. The molecule has 5 nitrogen and oxygen atoms in total. The summed E-state index contributed by atoms with van der Waals surface area (Å²) in [5.74, 6) is 0.0709. The highest BCUT2D eigenvalue weighted by Gasteiger charge is 2.21. The second-order valence-electron chi connectivity index (χ2n) is 5.17. The first-order valence-electron chi connectivity index (χ1n) is 7.27. The molecule has 0 aliphatic rings. The monoisotopic (exact) mass is 438 g/mol. The molecule has 0 aliphatic heterocycles.